The van der Waals surface area contributed by atoms with Gasteiger partial charge >= 0.3 is 0 Å². The van der Waals surface area contributed by atoms with Crippen LogP contribution in [0.1, 0.15) is 18.4 Å². The lowest BCUT2D eigenvalue weighted by Gasteiger charge is -2.07. The van der Waals surface area contributed by atoms with E-state index in [-0.39, 0.29) is 0 Å². The van der Waals surface area contributed by atoms with E-state index in [4.69, 9.17) is 0 Å². The molecule has 0 radical (unpaired) electrons. The van der Waals surface area contributed by atoms with Gasteiger partial charge in [-0.2, -0.15) is 0 Å². The van der Waals surface area contributed by atoms with E-state index in [1.165, 1.54) is 30.2 Å². The third-order valence-electron chi connectivity index (χ3n) is 3.20. The molecule has 0 aromatic heterocycles. The smallest absolute Gasteiger partial charge is 0.123 e. The predicted octanol–water partition coefficient (Wildman–Crippen LogP) is 3.50. The van der Waals surface area contributed by atoms with Crippen LogP contribution in [-0.2, 0) is 6.42 Å². The quantitative estimate of drug-likeness (QED) is 0.783. The zero-order valence-corrected chi connectivity index (χ0v) is 8.61. The first kappa shape index (κ1) is 8.78. The Morgan fingerprint density at radius 3 is 2.47 bits per heavy atom. The van der Waals surface area contributed by atoms with Gasteiger partial charge in [0.25, 0.3) is 0 Å². The number of hydrogen-bond donors (Lipinski definition) is 1. The molecule has 1 saturated carbocycles. The summed E-state index contributed by atoms with van der Waals surface area (Å²) in [6, 6.07) is 12.0. The van der Waals surface area contributed by atoms with Crippen LogP contribution in [0.5, 0.6) is 5.75 Å². The Morgan fingerprint density at radius 2 is 1.73 bits per heavy atom. The molecule has 3 rings (SSSR count). The van der Waals surface area contributed by atoms with Crippen LogP contribution in [0.2, 0.25) is 0 Å². The van der Waals surface area contributed by atoms with Crippen LogP contribution in [0.15, 0.2) is 36.4 Å². The summed E-state index contributed by atoms with van der Waals surface area (Å²) >= 11 is 0. The highest BCUT2D eigenvalue weighted by Crippen LogP contribution is 2.36. The lowest BCUT2D eigenvalue weighted by Crippen LogP contribution is -1.88. The highest BCUT2D eigenvalue weighted by molar-refractivity contribution is 5.90. The zero-order valence-electron chi connectivity index (χ0n) is 8.61. The number of fused-ring (bicyclic) bond motifs is 1. The highest BCUT2D eigenvalue weighted by atomic mass is 16.3. The van der Waals surface area contributed by atoms with E-state index in [0.29, 0.717) is 5.75 Å². The van der Waals surface area contributed by atoms with Crippen molar-refractivity contribution in [3.8, 4) is 5.75 Å². The van der Waals surface area contributed by atoms with Gasteiger partial charge in [0, 0.05) is 5.39 Å². The Labute approximate surface area is 89.4 Å². The van der Waals surface area contributed by atoms with Crippen molar-refractivity contribution < 1.29 is 5.11 Å². The topological polar surface area (TPSA) is 20.2 Å². The number of aromatic hydroxyl groups is 1. The maximum Gasteiger partial charge on any atom is 0.123 e. The molecule has 1 nitrogen and oxygen atoms in total. The number of phenolic OH excluding ortho intramolecular Hbond substituents is 1. The number of hydrogen-bond acceptors (Lipinski definition) is 1. The number of benzene rings is 2. The van der Waals surface area contributed by atoms with Gasteiger partial charge in [0.2, 0.25) is 0 Å². The SMILES string of the molecule is Oc1ccc(CC2CC2)c2ccccc12. The molecule has 2 aromatic carbocycles. The molecule has 0 bridgehead atoms. The molecule has 1 N–H and O–H groups in total. The summed E-state index contributed by atoms with van der Waals surface area (Å²) in [7, 11) is 0. The van der Waals surface area contributed by atoms with Crippen molar-refractivity contribution in [1.29, 1.82) is 0 Å². The third kappa shape index (κ3) is 1.58. The minimum Gasteiger partial charge on any atom is -0.507 e. The second-order valence-electron chi connectivity index (χ2n) is 4.44. The van der Waals surface area contributed by atoms with Gasteiger partial charge in [0.1, 0.15) is 5.75 Å². The number of phenols is 1. The van der Waals surface area contributed by atoms with Crippen molar-refractivity contribution in [1.82, 2.24) is 0 Å². The van der Waals surface area contributed by atoms with Crippen molar-refractivity contribution in [3.63, 3.8) is 0 Å². The van der Waals surface area contributed by atoms with Crippen LogP contribution in [0.25, 0.3) is 10.8 Å². The summed E-state index contributed by atoms with van der Waals surface area (Å²) in [5.41, 5.74) is 1.38. The van der Waals surface area contributed by atoms with Gasteiger partial charge in [-0.05, 0) is 42.2 Å². The molecule has 0 aliphatic heterocycles. The maximum atomic E-state index is 9.75. The third-order valence-corrected chi connectivity index (χ3v) is 3.20. The van der Waals surface area contributed by atoms with E-state index < -0.39 is 0 Å². The molecule has 0 unspecified atom stereocenters. The molecule has 0 atom stereocenters. The largest absolute Gasteiger partial charge is 0.507 e. The Hall–Kier alpha value is -1.50. The Kier molecular flexibility index (Phi) is 1.91. The summed E-state index contributed by atoms with van der Waals surface area (Å²) in [5, 5.41) is 11.9. The normalized spacial score (nSPS) is 15.7. The fourth-order valence-corrected chi connectivity index (χ4v) is 2.16. The maximum absolute atomic E-state index is 9.75. The summed E-state index contributed by atoms with van der Waals surface area (Å²) in [4.78, 5) is 0. The molecule has 0 saturated heterocycles. The van der Waals surface area contributed by atoms with E-state index in [2.05, 4.69) is 12.1 Å². The first-order valence-electron chi connectivity index (χ1n) is 5.54. The lowest BCUT2D eigenvalue weighted by molar-refractivity contribution is 0.481. The van der Waals surface area contributed by atoms with Crippen molar-refractivity contribution in [2.45, 2.75) is 19.3 Å². The van der Waals surface area contributed by atoms with Gasteiger partial charge in [-0.15, -0.1) is 0 Å². The zero-order chi connectivity index (χ0) is 10.3. The molecule has 1 aliphatic carbocycles. The average molecular weight is 198 g/mol. The fraction of sp³-hybridized carbons (Fsp3) is 0.286. The van der Waals surface area contributed by atoms with E-state index in [9.17, 15) is 5.11 Å². The van der Waals surface area contributed by atoms with Crippen LogP contribution in [0.4, 0.5) is 0 Å². The minimum atomic E-state index is 0.394. The summed E-state index contributed by atoms with van der Waals surface area (Å²) < 4.78 is 0. The Balaban J connectivity index is 2.16. The Morgan fingerprint density at radius 1 is 1.00 bits per heavy atom. The molecule has 0 spiro atoms. The van der Waals surface area contributed by atoms with Gasteiger partial charge in [0.15, 0.2) is 0 Å². The number of rotatable bonds is 2. The van der Waals surface area contributed by atoms with Gasteiger partial charge < -0.3 is 5.11 Å². The standard InChI is InChI=1S/C14H14O/c15-14-8-7-11(9-10-5-6-10)12-3-1-2-4-13(12)14/h1-4,7-8,10,15H,5-6,9H2. The molecule has 1 heteroatoms. The van der Waals surface area contributed by atoms with Gasteiger partial charge in [0.05, 0.1) is 0 Å². The van der Waals surface area contributed by atoms with Crippen LogP contribution in [-0.4, -0.2) is 5.11 Å². The van der Waals surface area contributed by atoms with Crippen LogP contribution in [0.3, 0.4) is 0 Å². The highest BCUT2D eigenvalue weighted by Gasteiger charge is 2.22. The molecule has 15 heavy (non-hydrogen) atoms. The Bertz CT molecular complexity index is 498. The van der Waals surface area contributed by atoms with Gasteiger partial charge in [-0.1, -0.05) is 30.3 Å². The van der Waals surface area contributed by atoms with Crippen LogP contribution >= 0.6 is 0 Å². The summed E-state index contributed by atoms with van der Waals surface area (Å²) in [6.07, 6.45) is 3.91. The van der Waals surface area contributed by atoms with Crippen molar-refractivity contribution in [3.05, 3.63) is 42.0 Å². The summed E-state index contributed by atoms with van der Waals surface area (Å²) in [6.45, 7) is 0. The van der Waals surface area contributed by atoms with Crippen molar-refractivity contribution in [2.24, 2.45) is 5.92 Å². The monoisotopic (exact) mass is 198 g/mol. The van der Waals surface area contributed by atoms with Crippen molar-refractivity contribution >= 4 is 10.8 Å². The van der Waals surface area contributed by atoms with Crippen LogP contribution < -0.4 is 0 Å². The van der Waals surface area contributed by atoms with Crippen molar-refractivity contribution in [2.75, 3.05) is 0 Å². The lowest BCUT2D eigenvalue weighted by atomic mass is 10.00. The van der Waals surface area contributed by atoms with E-state index in [1.54, 1.807) is 0 Å². The average Bonchev–Trinajstić information content (AvgIpc) is 3.07. The van der Waals surface area contributed by atoms with Gasteiger partial charge in [-0.3, -0.25) is 0 Å². The minimum absolute atomic E-state index is 0.394. The van der Waals surface area contributed by atoms with E-state index >= 15 is 0 Å². The van der Waals surface area contributed by atoms with E-state index in [1.807, 2.05) is 24.3 Å². The molecular weight excluding hydrogens is 184 g/mol. The second kappa shape index (κ2) is 3.27. The van der Waals surface area contributed by atoms with Gasteiger partial charge in [-0.25, -0.2) is 0 Å². The first-order valence-corrected chi connectivity index (χ1v) is 5.54. The molecular formula is C14H14O. The first-order chi connectivity index (χ1) is 7.34. The molecule has 1 aliphatic rings. The molecule has 76 valence electrons. The second-order valence-corrected chi connectivity index (χ2v) is 4.44. The summed E-state index contributed by atoms with van der Waals surface area (Å²) in [5.74, 6) is 1.28. The molecule has 1 fully saturated rings. The molecule has 2 aromatic rings. The van der Waals surface area contributed by atoms with E-state index in [0.717, 1.165) is 11.3 Å². The fourth-order valence-electron chi connectivity index (χ4n) is 2.16. The van der Waals surface area contributed by atoms with Crippen LogP contribution in [0, 0.1) is 5.92 Å². The predicted molar refractivity (Wildman–Crippen MR) is 62.0 cm³/mol. The molecule has 0 heterocycles. The molecule has 0 amide bonds.